The van der Waals surface area contributed by atoms with Crippen LogP contribution in [0.1, 0.15) is 18.5 Å². The number of nitrogens with one attached hydrogen (secondary N) is 1. The molecule has 1 atom stereocenters. The van der Waals surface area contributed by atoms with Crippen molar-refractivity contribution in [1.29, 1.82) is 0 Å². The van der Waals surface area contributed by atoms with Crippen molar-refractivity contribution in [3.8, 4) is 0 Å². The van der Waals surface area contributed by atoms with Gasteiger partial charge >= 0.3 is 12.1 Å². The number of aromatic nitrogens is 1. The molecule has 0 aromatic carbocycles. The van der Waals surface area contributed by atoms with Gasteiger partial charge in [0.25, 0.3) is 0 Å². The Morgan fingerprint density at radius 1 is 1.36 bits per heavy atom. The maximum absolute atomic E-state index is 12.0. The molecule has 2 rings (SSSR count). The normalized spacial score (nSPS) is 17.4. The van der Waals surface area contributed by atoms with Crippen LogP contribution >= 0.6 is 0 Å². The van der Waals surface area contributed by atoms with Crippen molar-refractivity contribution in [2.24, 2.45) is 5.92 Å². The molecule has 138 valence electrons. The number of nitrogens with zero attached hydrogens (tertiary/aromatic N) is 2. The zero-order valence-electron chi connectivity index (χ0n) is 13.6. The molecule has 0 spiro atoms. The third-order valence-corrected chi connectivity index (χ3v) is 3.42. The third kappa shape index (κ3) is 6.77. The van der Waals surface area contributed by atoms with Gasteiger partial charge in [0.05, 0.1) is 17.8 Å². The van der Waals surface area contributed by atoms with Crippen LogP contribution in [0.25, 0.3) is 0 Å². The maximum Gasteiger partial charge on any atom is 0.490 e. The molecule has 25 heavy (non-hydrogen) atoms. The molecular weight excluding hydrogens is 343 g/mol. The standard InChI is InChI=1S/C13H17N3O2.C2HF3O2/c1-9-3-5-11(7-14-9)15-13(18)10-4-6-12(17)16(2)8-10;3-2(4,5)1(6)7/h3,5,7,10H,4,6,8H2,1-2H3,(H,15,18);(H,6,7). The van der Waals surface area contributed by atoms with Crippen molar-refractivity contribution in [1.82, 2.24) is 9.88 Å². The van der Waals surface area contributed by atoms with Crippen LogP contribution in [0.15, 0.2) is 18.3 Å². The van der Waals surface area contributed by atoms with Crippen LogP contribution < -0.4 is 5.32 Å². The fraction of sp³-hybridized carbons (Fsp3) is 0.467. The van der Waals surface area contributed by atoms with Gasteiger partial charge in [-0.2, -0.15) is 13.2 Å². The third-order valence-electron chi connectivity index (χ3n) is 3.42. The van der Waals surface area contributed by atoms with Gasteiger partial charge in [0.1, 0.15) is 0 Å². The summed E-state index contributed by atoms with van der Waals surface area (Å²) in [6.07, 6.45) is -2.38. The summed E-state index contributed by atoms with van der Waals surface area (Å²) in [5.41, 5.74) is 1.61. The first-order valence-corrected chi connectivity index (χ1v) is 7.28. The van der Waals surface area contributed by atoms with Crippen LogP contribution in [0.3, 0.4) is 0 Å². The highest BCUT2D eigenvalue weighted by Crippen LogP contribution is 2.18. The topological polar surface area (TPSA) is 99.6 Å². The molecule has 2 heterocycles. The number of carboxylic acids is 1. The van der Waals surface area contributed by atoms with Crippen molar-refractivity contribution in [2.45, 2.75) is 25.9 Å². The highest BCUT2D eigenvalue weighted by Gasteiger charge is 2.38. The average molecular weight is 361 g/mol. The average Bonchev–Trinajstić information content (AvgIpc) is 2.52. The second-order valence-electron chi connectivity index (χ2n) is 5.49. The number of carbonyl (C=O) groups is 3. The number of alkyl halides is 3. The van der Waals surface area contributed by atoms with Gasteiger partial charge in [-0.3, -0.25) is 14.6 Å². The maximum atomic E-state index is 12.0. The molecule has 1 aliphatic heterocycles. The number of hydrogen-bond acceptors (Lipinski definition) is 4. The number of rotatable bonds is 2. The fourth-order valence-electron chi connectivity index (χ4n) is 2.01. The summed E-state index contributed by atoms with van der Waals surface area (Å²) in [7, 11) is 1.73. The molecule has 1 aliphatic rings. The van der Waals surface area contributed by atoms with Crippen LogP contribution in [0, 0.1) is 12.8 Å². The number of likely N-dealkylation sites (tertiary alicyclic amines) is 1. The molecule has 10 heteroatoms. The van der Waals surface area contributed by atoms with E-state index in [4.69, 9.17) is 9.90 Å². The molecule has 1 unspecified atom stereocenters. The number of halogens is 3. The highest BCUT2D eigenvalue weighted by molar-refractivity contribution is 5.93. The van der Waals surface area contributed by atoms with E-state index in [0.29, 0.717) is 25.1 Å². The van der Waals surface area contributed by atoms with Gasteiger partial charge in [-0.1, -0.05) is 0 Å². The Hall–Kier alpha value is -2.65. The van der Waals surface area contributed by atoms with Gasteiger partial charge in [-0.05, 0) is 25.5 Å². The van der Waals surface area contributed by atoms with E-state index in [9.17, 15) is 22.8 Å². The number of carboxylic acid groups (broad SMARTS) is 1. The lowest BCUT2D eigenvalue weighted by molar-refractivity contribution is -0.192. The number of hydrogen-bond donors (Lipinski definition) is 2. The number of aryl methyl sites for hydroxylation is 1. The quantitative estimate of drug-likeness (QED) is 0.837. The van der Waals surface area contributed by atoms with E-state index in [1.165, 1.54) is 0 Å². The molecule has 0 radical (unpaired) electrons. The molecule has 2 amide bonds. The van der Waals surface area contributed by atoms with E-state index < -0.39 is 12.1 Å². The van der Waals surface area contributed by atoms with Crippen LogP contribution in [0.5, 0.6) is 0 Å². The van der Waals surface area contributed by atoms with E-state index in [1.54, 1.807) is 18.1 Å². The van der Waals surface area contributed by atoms with E-state index in [-0.39, 0.29) is 17.7 Å². The zero-order chi connectivity index (χ0) is 19.2. The summed E-state index contributed by atoms with van der Waals surface area (Å²) in [6, 6.07) is 3.68. The summed E-state index contributed by atoms with van der Waals surface area (Å²) in [4.78, 5) is 38.0. The number of aliphatic carboxylic acids is 1. The molecular formula is C15H18F3N3O4. The first-order valence-electron chi connectivity index (χ1n) is 7.28. The van der Waals surface area contributed by atoms with Crippen molar-refractivity contribution >= 4 is 23.5 Å². The molecule has 1 aromatic heterocycles. The predicted molar refractivity (Wildman–Crippen MR) is 81.7 cm³/mol. The van der Waals surface area contributed by atoms with Crippen LogP contribution in [0.4, 0.5) is 18.9 Å². The number of anilines is 1. The summed E-state index contributed by atoms with van der Waals surface area (Å²) >= 11 is 0. The van der Waals surface area contributed by atoms with Gasteiger partial charge in [-0.15, -0.1) is 0 Å². The SMILES string of the molecule is Cc1ccc(NC(=O)C2CCC(=O)N(C)C2)cn1.O=C(O)C(F)(F)F. The Morgan fingerprint density at radius 3 is 2.40 bits per heavy atom. The molecule has 1 aromatic rings. The number of carbonyl (C=O) groups excluding carboxylic acids is 2. The minimum Gasteiger partial charge on any atom is -0.475 e. The second kappa shape index (κ2) is 8.45. The largest absolute Gasteiger partial charge is 0.490 e. The van der Waals surface area contributed by atoms with E-state index in [2.05, 4.69) is 10.3 Å². The fourth-order valence-corrected chi connectivity index (χ4v) is 2.01. The molecule has 0 bridgehead atoms. The second-order valence-corrected chi connectivity index (χ2v) is 5.49. The number of piperidine rings is 1. The molecule has 7 nitrogen and oxygen atoms in total. The van der Waals surface area contributed by atoms with E-state index >= 15 is 0 Å². The van der Waals surface area contributed by atoms with E-state index in [1.807, 2.05) is 19.1 Å². The van der Waals surface area contributed by atoms with Gasteiger partial charge in [0.2, 0.25) is 11.8 Å². The zero-order valence-corrected chi connectivity index (χ0v) is 13.6. The smallest absolute Gasteiger partial charge is 0.475 e. The van der Waals surface area contributed by atoms with Gasteiger partial charge in [0, 0.05) is 25.7 Å². The Morgan fingerprint density at radius 2 is 1.96 bits per heavy atom. The summed E-state index contributed by atoms with van der Waals surface area (Å²) < 4.78 is 31.7. The van der Waals surface area contributed by atoms with Gasteiger partial charge in [0.15, 0.2) is 0 Å². The molecule has 1 fully saturated rings. The highest BCUT2D eigenvalue weighted by atomic mass is 19.4. The molecule has 2 N–H and O–H groups in total. The summed E-state index contributed by atoms with van der Waals surface area (Å²) in [5, 5.41) is 9.96. The Labute approximate surface area is 141 Å². The van der Waals surface area contributed by atoms with E-state index in [0.717, 1.165) is 5.69 Å². The lowest BCUT2D eigenvalue weighted by atomic mass is 9.97. The minimum absolute atomic E-state index is 0.0417. The van der Waals surface area contributed by atoms with Crippen LogP contribution in [0.2, 0.25) is 0 Å². The van der Waals surface area contributed by atoms with Gasteiger partial charge < -0.3 is 15.3 Å². The first kappa shape index (κ1) is 20.4. The van der Waals surface area contributed by atoms with Crippen molar-refractivity contribution in [3.05, 3.63) is 24.0 Å². The van der Waals surface area contributed by atoms with Crippen molar-refractivity contribution < 1.29 is 32.7 Å². The van der Waals surface area contributed by atoms with Crippen LogP contribution in [-0.4, -0.2) is 52.5 Å². The molecule has 0 aliphatic carbocycles. The summed E-state index contributed by atoms with van der Waals surface area (Å²) in [5.74, 6) is -2.82. The Balaban J connectivity index is 0.000000381. The van der Waals surface area contributed by atoms with Gasteiger partial charge in [-0.25, -0.2) is 4.79 Å². The minimum atomic E-state index is -5.08. The number of amides is 2. The summed E-state index contributed by atoms with van der Waals surface area (Å²) in [6.45, 7) is 2.39. The lowest BCUT2D eigenvalue weighted by Crippen LogP contribution is -2.41. The Bertz CT molecular complexity index is 632. The molecule has 0 saturated carbocycles. The van der Waals surface area contributed by atoms with Crippen molar-refractivity contribution in [2.75, 3.05) is 18.9 Å². The predicted octanol–water partition coefficient (Wildman–Crippen LogP) is 1.83. The first-order chi connectivity index (χ1) is 11.5. The van der Waals surface area contributed by atoms with Crippen LogP contribution in [-0.2, 0) is 14.4 Å². The van der Waals surface area contributed by atoms with Crippen molar-refractivity contribution in [3.63, 3.8) is 0 Å². The number of pyridine rings is 1. The lowest BCUT2D eigenvalue weighted by Gasteiger charge is -2.28. The molecule has 1 saturated heterocycles. The monoisotopic (exact) mass is 361 g/mol. The Kier molecular flexibility index (Phi) is 6.89.